The number of benzene rings is 2. The fourth-order valence-corrected chi connectivity index (χ4v) is 4.41. The van der Waals surface area contributed by atoms with Crippen LogP contribution in [-0.4, -0.2) is 48.0 Å². The number of nitrogens with zero attached hydrogens (tertiary/aromatic N) is 4. The molecular formula is C26H31N5O. The number of carbonyl (C=O) groups is 1. The maximum Gasteiger partial charge on any atom is 0.248 e. The van der Waals surface area contributed by atoms with Crippen molar-refractivity contribution in [3.63, 3.8) is 0 Å². The van der Waals surface area contributed by atoms with Crippen LogP contribution in [0.3, 0.4) is 0 Å². The van der Waals surface area contributed by atoms with Crippen molar-refractivity contribution in [2.24, 2.45) is 5.73 Å². The smallest absolute Gasteiger partial charge is 0.248 e. The molecular weight excluding hydrogens is 398 g/mol. The lowest BCUT2D eigenvalue weighted by Crippen LogP contribution is -2.33. The van der Waals surface area contributed by atoms with Crippen molar-refractivity contribution < 1.29 is 4.79 Å². The molecule has 4 rings (SSSR count). The summed E-state index contributed by atoms with van der Waals surface area (Å²) in [5.41, 5.74) is 11.6. The molecule has 32 heavy (non-hydrogen) atoms. The molecule has 2 heterocycles. The van der Waals surface area contributed by atoms with Gasteiger partial charge < -0.3 is 10.6 Å². The highest BCUT2D eigenvalue weighted by Gasteiger charge is 2.25. The SMILES string of the molecule is Cc1cccc(CN2CCC(c3nc(N(C)C)ncc3-c3cccc(C(N)=O)c3)CC2)c1. The van der Waals surface area contributed by atoms with Crippen molar-refractivity contribution in [3.8, 4) is 11.1 Å². The molecule has 0 spiro atoms. The number of rotatable bonds is 6. The molecule has 1 saturated heterocycles. The van der Waals surface area contributed by atoms with Gasteiger partial charge in [-0.1, -0.05) is 42.0 Å². The molecule has 1 aliphatic rings. The van der Waals surface area contributed by atoms with Crippen LogP contribution in [-0.2, 0) is 6.54 Å². The first-order chi connectivity index (χ1) is 15.4. The van der Waals surface area contributed by atoms with Crippen LogP contribution < -0.4 is 10.6 Å². The molecule has 0 unspecified atom stereocenters. The van der Waals surface area contributed by atoms with E-state index in [0.717, 1.165) is 49.3 Å². The van der Waals surface area contributed by atoms with Crippen LogP contribution in [0.25, 0.3) is 11.1 Å². The van der Waals surface area contributed by atoms with Crippen LogP contribution in [0.15, 0.2) is 54.7 Å². The molecule has 1 amide bonds. The van der Waals surface area contributed by atoms with E-state index in [-0.39, 0.29) is 0 Å². The van der Waals surface area contributed by atoms with Gasteiger partial charge in [-0.2, -0.15) is 0 Å². The minimum atomic E-state index is -0.427. The number of hydrogen-bond donors (Lipinski definition) is 1. The Morgan fingerprint density at radius 2 is 1.88 bits per heavy atom. The summed E-state index contributed by atoms with van der Waals surface area (Å²) in [7, 11) is 3.91. The van der Waals surface area contributed by atoms with Gasteiger partial charge in [0, 0.05) is 43.9 Å². The van der Waals surface area contributed by atoms with Gasteiger partial charge in [0.15, 0.2) is 0 Å². The Hall–Kier alpha value is -3.25. The maximum atomic E-state index is 11.7. The number of amides is 1. The first-order valence-corrected chi connectivity index (χ1v) is 11.1. The Morgan fingerprint density at radius 1 is 1.12 bits per heavy atom. The van der Waals surface area contributed by atoms with Crippen molar-refractivity contribution in [2.45, 2.75) is 32.2 Å². The van der Waals surface area contributed by atoms with Crippen LogP contribution in [0.4, 0.5) is 5.95 Å². The molecule has 0 aliphatic carbocycles. The number of nitrogens with two attached hydrogens (primary N) is 1. The van der Waals surface area contributed by atoms with Crippen molar-refractivity contribution in [3.05, 3.63) is 77.1 Å². The molecule has 2 N–H and O–H groups in total. The van der Waals surface area contributed by atoms with Gasteiger partial charge in [-0.3, -0.25) is 9.69 Å². The van der Waals surface area contributed by atoms with Crippen molar-refractivity contribution >= 4 is 11.9 Å². The molecule has 166 valence electrons. The highest BCUT2D eigenvalue weighted by Crippen LogP contribution is 2.35. The van der Waals surface area contributed by atoms with Gasteiger partial charge in [0.05, 0.1) is 5.69 Å². The van der Waals surface area contributed by atoms with Gasteiger partial charge in [-0.25, -0.2) is 9.97 Å². The summed E-state index contributed by atoms with van der Waals surface area (Å²) in [6.45, 7) is 5.18. The highest BCUT2D eigenvalue weighted by atomic mass is 16.1. The number of hydrogen-bond acceptors (Lipinski definition) is 5. The summed E-state index contributed by atoms with van der Waals surface area (Å²) in [6, 6.07) is 16.2. The quantitative estimate of drug-likeness (QED) is 0.641. The van der Waals surface area contributed by atoms with E-state index in [1.54, 1.807) is 6.07 Å². The van der Waals surface area contributed by atoms with Gasteiger partial charge in [-0.05, 0) is 56.1 Å². The van der Waals surface area contributed by atoms with E-state index in [1.807, 2.05) is 43.4 Å². The third-order valence-corrected chi connectivity index (χ3v) is 6.13. The molecule has 1 aromatic heterocycles. The summed E-state index contributed by atoms with van der Waals surface area (Å²) in [5.74, 6) is 0.623. The zero-order valence-electron chi connectivity index (χ0n) is 19.1. The summed E-state index contributed by atoms with van der Waals surface area (Å²) in [5, 5.41) is 0. The normalized spacial score (nSPS) is 15.0. The second kappa shape index (κ2) is 9.49. The van der Waals surface area contributed by atoms with E-state index in [0.29, 0.717) is 17.4 Å². The van der Waals surface area contributed by atoms with Gasteiger partial charge in [0.25, 0.3) is 0 Å². The number of likely N-dealkylation sites (tertiary alicyclic amines) is 1. The molecule has 0 radical (unpaired) electrons. The van der Waals surface area contributed by atoms with Crippen LogP contribution >= 0.6 is 0 Å². The predicted molar refractivity (Wildman–Crippen MR) is 129 cm³/mol. The monoisotopic (exact) mass is 429 g/mol. The van der Waals surface area contributed by atoms with E-state index in [4.69, 9.17) is 10.7 Å². The van der Waals surface area contributed by atoms with Gasteiger partial charge >= 0.3 is 0 Å². The lowest BCUT2D eigenvalue weighted by atomic mass is 9.88. The van der Waals surface area contributed by atoms with E-state index in [9.17, 15) is 4.79 Å². The van der Waals surface area contributed by atoms with E-state index in [2.05, 4.69) is 41.1 Å². The summed E-state index contributed by atoms with van der Waals surface area (Å²) < 4.78 is 0. The summed E-state index contributed by atoms with van der Waals surface area (Å²) in [6.07, 6.45) is 3.97. The third-order valence-electron chi connectivity index (χ3n) is 6.13. The second-order valence-electron chi connectivity index (χ2n) is 8.85. The average molecular weight is 430 g/mol. The summed E-state index contributed by atoms with van der Waals surface area (Å²) in [4.78, 5) is 25.7. The average Bonchev–Trinajstić information content (AvgIpc) is 2.79. The number of aryl methyl sites for hydroxylation is 1. The highest BCUT2D eigenvalue weighted by molar-refractivity contribution is 5.94. The minimum absolute atomic E-state index is 0.345. The molecule has 6 nitrogen and oxygen atoms in total. The lowest BCUT2D eigenvalue weighted by Gasteiger charge is -2.32. The number of piperidine rings is 1. The minimum Gasteiger partial charge on any atom is -0.366 e. The Labute approximate surface area is 190 Å². The van der Waals surface area contributed by atoms with E-state index < -0.39 is 5.91 Å². The first-order valence-electron chi connectivity index (χ1n) is 11.1. The van der Waals surface area contributed by atoms with Crippen molar-refractivity contribution in [1.29, 1.82) is 0 Å². The Morgan fingerprint density at radius 3 is 2.56 bits per heavy atom. The number of primary amides is 1. The molecule has 0 saturated carbocycles. The Balaban J connectivity index is 1.58. The molecule has 1 fully saturated rings. The molecule has 0 atom stereocenters. The topological polar surface area (TPSA) is 75.3 Å². The van der Waals surface area contributed by atoms with Crippen LogP contribution in [0.2, 0.25) is 0 Å². The van der Waals surface area contributed by atoms with E-state index in [1.165, 1.54) is 11.1 Å². The molecule has 1 aliphatic heterocycles. The third kappa shape index (κ3) is 4.97. The van der Waals surface area contributed by atoms with Gasteiger partial charge in [0.1, 0.15) is 0 Å². The second-order valence-corrected chi connectivity index (χ2v) is 8.85. The van der Waals surface area contributed by atoms with Crippen LogP contribution in [0.1, 0.15) is 45.9 Å². The van der Waals surface area contributed by atoms with Gasteiger partial charge in [0.2, 0.25) is 11.9 Å². The van der Waals surface area contributed by atoms with Crippen LogP contribution in [0.5, 0.6) is 0 Å². The first kappa shape index (κ1) is 22.0. The predicted octanol–water partition coefficient (Wildman–Crippen LogP) is 4.00. The molecule has 2 aromatic carbocycles. The Kier molecular flexibility index (Phi) is 6.51. The zero-order chi connectivity index (χ0) is 22.7. The summed E-state index contributed by atoms with van der Waals surface area (Å²) >= 11 is 0. The van der Waals surface area contributed by atoms with E-state index >= 15 is 0 Å². The fraction of sp³-hybridized carbons (Fsp3) is 0.346. The molecule has 3 aromatic rings. The molecule has 6 heteroatoms. The largest absolute Gasteiger partial charge is 0.366 e. The lowest BCUT2D eigenvalue weighted by molar-refractivity contribution is 0.100. The standard InChI is InChI=1S/C26H31N5O/c1-18-6-4-7-19(14-18)17-31-12-10-20(11-13-31)24-23(16-28-26(29-24)30(2)3)21-8-5-9-22(15-21)25(27)32/h4-9,14-16,20H,10-13,17H2,1-3H3,(H2,27,32). The fourth-order valence-electron chi connectivity index (χ4n) is 4.41. The van der Waals surface area contributed by atoms with Crippen LogP contribution in [0, 0.1) is 6.92 Å². The maximum absolute atomic E-state index is 11.7. The number of aromatic nitrogens is 2. The molecule has 0 bridgehead atoms. The Bertz CT molecular complexity index is 1100. The number of carbonyl (C=O) groups excluding carboxylic acids is 1. The van der Waals surface area contributed by atoms with Crippen molar-refractivity contribution in [2.75, 3.05) is 32.1 Å². The van der Waals surface area contributed by atoms with Gasteiger partial charge in [-0.15, -0.1) is 0 Å². The van der Waals surface area contributed by atoms with Crippen molar-refractivity contribution in [1.82, 2.24) is 14.9 Å². The number of anilines is 1. The zero-order valence-corrected chi connectivity index (χ0v) is 19.1.